The molecule has 3 rings (SSSR count). The number of hydrogen-bond donors (Lipinski definition) is 1. The molecule has 2 N–H and O–H groups in total. The maximum Gasteiger partial charge on any atom is 0.416 e. The second-order valence-corrected chi connectivity index (χ2v) is 5.68. The van der Waals surface area contributed by atoms with Crippen LogP contribution in [0.5, 0.6) is 0 Å². The molecule has 1 heterocycles. The van der Waals surface area contributed by atoms with E-state index in [2.05, 4.69) is 0 Å². The topological polar surface area (TPSA) is 30.9 Å². The Bertz CT molecular complexity index is 609. The first-order valence-electron chi connectivity index (χ1n) is 7.01. The molecule has 1 saturated carbocycles. The van der Waals surface area contributed by atoms with Gasteiger partial charge < -0.3 is 10.3 Å². The first-order valence-corrected chi connectivity index (χ1v) is 7.01. The average Bonchev–Trinajstić information content (AvgIpc) is 3.18. The van der Waals surface area contributed by atoms with Gasteiger partial charge in [0.2, 0.25) is 0 Å². The van der Waals surface area contributed by atoms with Crippen LogP contribution in [-0.2, 0) is 12.7 Å². The van der Waals surface area contributed by atoms with Crippen LogP contribution in [0, 0.1) is 5.92 Å². The summed E-state index contributed by atoms with van der Waals surface area (Å²) in [6.45, 7) is 0.551. The van der Waals surface area contributed by atoms with E-state index in [0.717, 1.165) is 23.3 Å². The van der Waals surface area contributed by atoms with Gasteiger partial charge in [-0.1, -0.05) is 12.1 Å². The lowest BCUT2D eigenvalue weighted by Gasteiger charge is -2.09. The highest BCUT2D eigenvalue weighted by Gasteiger charge is 2.30. The molecule has 2 aromatic rings. The zero-order chi connectivity index (χ0) is 15.0. The molecular formula is C16H17F3N2. The minimum Gasteiger partial charge on any atom is -0.350 e. The Hall–Kier alpha value is -1.75. The molecule has 21 heavy (non-hydrogen) atoms. The number of benzene rings is 1. The molecule has 0 aliphatic heterocycles. The van der Waals surface area contributed by atoms with E-state index >= 15 is 0 Å². The van der Waals surface area contributed by atoms with Crippen LogP contribution in [-0.4, -0.2) is 4.57 Å². The highest BCUT2D eigenvalue weighted by atomic mass is 19.4. The Morgan fingerprint density at radius 2 is 1.81 bits per heavy atom. The molecule has 1 aromatic carbocycles. The van der Waals surface area contributed by atoms with Crippen molar-refractivity contribution < 1.29 is 13.2 Å². The maximum absolute atomic E-state index is 12.5. The lowest BCUT2D eigenvalue weighted by molar-refractivity contribution is -0.137. The van der Waals surface area contributed by atoms with Gasteiger partial charge in [0.1, 0.15) is 0 Å². The molecule has 1 atom stereocenters. The number of rotatable bonds is 4. The largest absolute Gasteiger partial charge is 0.416 e. The van der Waals surface area contributed by atoms with Gasteiger partial charge in [-0.3, -0.25) is 0 Å². The van der Waals surface area contributed by atoms with Gasteiger partial charge in [0.25, 0.3) is 0 Å². The summed E-state index contributed by atoms with van der Waals surface area (Å²) in [6.07, 6.45) is 2.00. The van der Waals surface area contributed by atoms with Crippen LogP contribution in [0.2, 0.25) is 0 Å². The van der Waals surface area contributed by atoms with E-state index in [4.69, 9.17) is 5.73 Å². The quantitative estimate of drug-likeness (QED) is 0.909. The summed E-state index contributed by atoms with van der Waals surface area (Å²) in [5.74, 6) is 0.590. The zero-order valence-electron chi connectivity index (χ0n) is 11.5. The van der Waals surface area contributed by atoms with E-state index in [1.807, 2.05) is 23.0 Å². The van der Waals surface area contributed by atoms with Crippen LogP contribution >= 0.6 is 0 Å². The number of halogens is 3. The molecule has 0 bridgehead atoms. The van der Waals surface area contributed by atoms with Crippen LogP contribution in [0.4, 0.5) is 13.2 Å². The third-order valence-electron chi connectivity index (χ3n) is 3.93. The van der Waals surface area contributed by atoms with Crippen molar-refractivity contribution in [2.24, 2.45) is 11.7 Å². The van der Waals surface area contributed by atoms with Crippen molar-refractivity contribution in [1.82, 2.24) is 4.57 Å². The highest BCUT2D eigenvalue weighted by molar-refractivity contribution is 5.26. The summed E-state index contributed by atoms with van der Waals surface area (Å²) in [4.78, 5) is 0. The van der Waals surface area contributed by atoms with Gasteiger partial charge >= 0.3 is 6.18 Å². The van der Waals surface area contributed by atoms with Gasteiger partial charge in [-0.15, -0.1) is 0 Å². The van der Waals surface area contributed by atoms with Crippen molar-refractivity contribution in [3.8, 4) is 0 Å². The molecule has 0 spiro atoms. The van der Waals surface area contributed by atoms with E-state index in [1.54, 1.807) is 0 Å². The zero-order valence-corrected chi connectivity index (χ0v) is 11.5. The maximum atomic E-state index is 12.5. The monoisotopic (exact) mass is 294 g/mol. The molecular weight excluding hydrogens is 277 g/mol. The number of alkyl halides is 3. The predicted molar refractivity (Wildman–Crippen MR) is 74.6 cm³/mol. The summed E-state index contributed by atoms with van der Waals surface area (Å²) in [5, 5.41) is 0. The van der Waals surface area contributed by atoms with Crippen LogP contribution in [0.3, 0.4) is 0 Å². The fraction of sp³-hybridized carbons (Fsp3) is 0.375. The van der Waals surface area contributed by atoms with E-state index in [1.165, 1.54) is 25.0 Å². The molecule has 5 heteroatoms. The van der Waals surface area contributed by atoms with Crippen LogP contribution < -0.4 is 5.73 Å². The minimum atomic E-state index is -4.28. The van der Waals surface area contributed by atoms with E-state index in [-0.39, 0.29) is 6.04 Å². The Kier molecular flexibility index (Phi) is 3.53. The molecule has 1 fully saturated rings. The van der Waals surface area contributed by atoms with E-state index in [9.17, 15) is 13.2 Å². The lowest BCUT2D eigenvalue weighted by atomic mass is 10.1. The number of aromatic nitrogens is 1. The molecule has 0 amide bonds. The summed E-state index contributed by atoms with van der Waals surface area (Å²) in [7, 11) is 0. The second-order valence-electron chi connectivity index (χ2n) is 5.68. The normalized spacial score (nSPS) is 17.0. The standard InChI is InChI=1S/C16H17F3N2/c17-16(18,19)14-5-1-11(2-6-14)9-21-8-7-13(10-21)15(20)12-3-4-12/h1-2,5-8,10,12,15H,3-4,9,20H2. The van der Waals surface area contributed by atoms with E-state index < -0.39 is 11.7 Å². The molecule has 1 aromatic heterocycles. The van der Waals surface area contributed by atoms with Crippen LogP contribution in [0.15, 0.2) is 42.7 Å². The van der Waals surface area contributed by atoms with Crippen LogP contribution in [0.25, 0.3) is 0 Å². The number of nitrogens with two attached hydrogens (primary N) is 1. The van der Waals surface area contributed by atoms with Crippen molar-refractivity contribution >= 4 is 0 Å². The van der Waals surface area contributed by atoms with Crippen molar-refractivity contribution in [3.05, 3.63) is 59.4 Å². The first-order chi connectivity index (χ1) is 9.93. The second kappa shape index (κ2) is 5.22. The van der Waals surface area contributed by atoms with Crippen molar-refractivity contribution in [3.63, 3.8) is 0 Å². The predicted octanol–water partition coefficient (Wildman–Crippen LogP) is 3.97. The first kappa shape index (κ1) is 14.2. The van der Waals surface area contributed by atoms with Crippen LogP contribution in [0.1, 0.15) is 35.6 Å². The van der Waals surface area contributed by atoms with Gasteiger partial charge in [-0.25, -0.2) is 0 Å². The molecule has 1 aliphatic rings. The van der Waals surface area contributed by atoms with Gasteiger partial charge in [0, 0.05) is 25.0 Å². The molecule has 1 unspecified atom stereocenters. The van der Waals surface area contributed by atoms with Gasteiger partial charge in [-0.05, 0) is 48.1 Å². The summed E-state index contributed by atoms with van der Waals surface area (Å²) < 4.78 is 39.5. The molecule has 0 saturated heterocycles. The van der Waals surface area contributed by atoms with E-state index in [0.29, 0.717) is 12.5 Å². The average molecular weight is 294 g/mol. The Morgan fingerprint density at radius 3 is 2.38 bits per heavy atom. The SMILES string of the molecule is NC(c1ccn(Cc2ccc(C(F)(F)F)cc2)c1)C1CC1. The number of hydrogen-bond acceptors (Lipinski definition) is 1. The molecule has 112 valence electrons. The summed E-state index contributed by atoms with van der Waals surface area (Å²) >= 11 is 0. The smallest absolute Gasteiger partial charge is 0.350 e. The minimum absolute atomic E-state index is 0.0823. The number of nitrogens with zero attached hydrogens (tertiary/aromatic N) is 1. The van der Waals surface area contributed by atoms with Crippen molar-refractivity contribution in [2.75, 3.05) is 0 Å². The molecule has 2 nitrogen and oxygen atoms in total. The Morgan fingerprint density at radius 1 is 1.14 bits per heavy atom. The Labute approximate surface area is 121 Å². The Balaban J connectivity index is 1.69. The van der Waals surface area contributed by atoms with Gasteiger partial charge in [-0.2, -0.15) is 13.2 Å². The van der Waals surface area contributed by atoms with Gasteiger partial charge in [0.15, 0.2) is 0 Å². The third kappa shape index (κ3) is 3.29. The fourth-order valence-corrected chi connectivity index (χ4v) is 2.49. The van der Waals surface area contributed by atoms with Crippen molar-refractivity contribution in [2.45, 2.75) is 31.6 Å². The van der Waals surface area contributed by atoms with Crippen molar-refractivity contribution in [1.29, 1.82) is 0 Å². The fourth-order valence-electron chi connectivity index (χ4n) is 2.49. The molecule has 0 radical (unpaired) electrons. The molecule has 1 aliphatic carbocycles. The van der Waals surface area contributed by atoms with Gasteiger partial charge in [0.05, 0.1) is 5.56 Å². The summed E-state index contributed by atoms with van der Waals surface area (Å²) in [5.41, 5.74) is 7.46. The summed E-state index contributed by atoms with van der Waals surface area (Å²) in [6, 6.07) is 7.35. The highest BCUT2D eigenvalue weighted by Crippen LogP contribution is 2.39. The lowest BCUT2D eigenvalue weighted by Crippen LogP contribution is -2.11. The third-order valence-corrected chi connectivity index (χ3v) is 3.93.